The molecule has 1 saturated heterocycles. The lowest BCUT2D eigenvalue weighted by Crippen LogP contribution is -2.06. The van der Waals surface area contributed by atoms with E-state index in [0.717, 1.165) is 0 Å². The summed E-state index contributed by atoms with van der Waals surface area (Å²) in [6.45, 7) is 1.09. The third kappa shape index (κ3) is 1.59. The van der Waals surface area contributed by atoms with Gasteiger partial charge in [-0.15, -0.1) is 0 Å². The van der Waals surface area contributed by atoms with Crippen molar-refractivity contribution in [3.05, 3.63) is 0 Å². The average molecular weight is 122 g/mol. The van der Waals surface area contributed by atoms with Gasteiger partial charge in [-0.3, -0.25) is 4.57 Å². The molecule has 0 aromatic rings. The maximum absolute atomic E-state index is 10.3. The van der Waals surface area contributed by atoms with Gasteiger partial charge in [-0.25, -0.2) is 0 Å². The molecule has 0 amide bonds. The molecule has 0 spiro atoms. The SMILES string of the molecule is O=[PH]1COCCO1. The van der Waals surface area contributed by atoms with Crippen molar-refractivity contribution in [2.45, 2.75) is 0 Å². The summed E-state index contributed by atoms with van der Waals surface area (Å²) in [4.78, 5) is 0. The molecule has 0 radical (unpaired) electrons. The Bertz CT molecular complexity index is 74.2. The molecule has 1 aliphatic heterocycles. The Morgan fingerprint density at radius 3 is 2.57 bits per heavy atom. The first-order valence-corrected chi connectivity index (χ1v) is 3.65. The van der Waals surface area contributed by atoms with Gasteiger partial charge in [0.15, 0.2) is 0 Å². The summed E-state index contributed by atoms with van der Waals surface area (Å²) in [5.41, 5.74) is 0. The normalized spacial score (nSPS) is 32.9. The minimum Gasteiger partial charge on any atom is -0.369 e. The van der Waals surface area contributed by atoms with Crippen molar-refractivity contribution in [3.8, 4) is 0 Å². The van der Waals surface area contributed by atoms with Crippen LogP contribution >= 0.6 is 8.03 Å². The van der Waals surface area contributed by atoms with Crippen molar-refractivity contribution < 1.29 is 13.8 Å². The molecule has 0 saturated carbocycles. The lowest BCUT2D eigenvalue weighted by Gasteiger charge is -2.09. The molecule has 1 unspecified atom stereocenters. The molecule has 4 heteroatoms. The van der Waals surface area contributed by atoms with Crippen LogP contribution in [0, 0.1) is 0 Å². The van der Waals surface area contributed by atoms with Crippen molar-refractivity contribution in [2.24, 2.45) is 0 Å². The molecule has 0 aromatic carbocycles. The van der Waals surface area contributed by atoms with Gasteiger partial charge < -0.3 is 9.26 Å². The van der Waals surface area contributed by atoms with Crippen LogP contribution in [0.3, 0.4) is 0 Å². The summed E-state index contributed by atoms with van der Waals surface area (Å²) < 4.78 is 19.8. The molecule has 3 nitrogen and oxygen atoms in total. The number of ether oxygens (including phenoxy) is 1. The molecule has 1 rings (SSSR count). The van der Waals surface area contributed by atoms with Gasteiger partial charge in [-0.1, -0.05) is 0 Å². The van der Waals surface area contributed by atoms with E-state index in [4.69, 9.17) is 9.26 Å². The molecular weight excluding hydrogens is 115 g/mol. The van der Waals surface area contributed by atoms with Crippen LogP contribution in [0.4, 0.5) is 0 Å². The van der Waals surface area contributed by atoms with E-state index in [1.54, 1.807) is 0 Å². The fraction of sp³-hybridized carbons (Fsp3) is 1.00. The standard InChI is InChI=1S/C3H7O3P/c4-7-3-5-1-2-6-7/h7H,1-3H2. The van der Waals surface area contributed by atoms with Gasteiger partial charge in [0, 0.05) is 0 Å². The molecule has 0 aromatic heterocycles. The van der Waals surface area contributed by atoms with E-state index >= 15 is 0 Å². The van der Waals surface area contributed by atoms with Crippen LogP contribution in [0.5, 0.6) is 0 Å². The van der Waals surface area contributed by atoms with E-state index in [0.29, 0.717) is 19.6 Å². The van der Waals surface area contributed by atoms with Crippen LogP contribution < -0.4 is 0 Å². The zero-order chi connectivity index (χ0) is 5.11. The highest BCUT2D eigenvalue weighted by Gasteiger charge is 2.04. The van der Waals surface area contributed by atoms with Crippen LogP contribution in [0.2, 0.25) is 0 Å². The van der Waals surface area contributed by atoms with E-state index in [1.165, 1.54) is 0 Å². The van der Waals surface area contributed by atoms with Gasteiger partial charge in [0.2, 0.25) is 8.03 Å². The highest BCUT2D eigenvalue weighted by atomic mass is 31.1. The Labute approximate surface area is 42.5 Å². The Morgan fingerprint density at radius 1 is 1.43 bits per heavy atom. The molecule has 1 heterocycles. The first-order chi connectivity index (χ1) is 3.39. The lowest BCUT2D eigenvalue weighted by molar-refractivity contribution is 0.0984. The monoisotopic (exact) mass is 122 g/mol. The minimum absolute atomic E-state index is 0.310. The topological polar surface area (TPSA) is 35.5 Å². The third-order valence-electron chi connectivity index (χ3n) is 0.711. The summed E-state index contributed by atoms with van der Waals surface area (Å²) in [6.07, 6.45) is 0.310. The Kier molecular flexibility index (Phi) is 1.86. The molecule has 1 aliphatic rings. The average Bonchev–Trinajstić information content (AvgIpc) is 1.69. The second kappa shape index (κ2) is 2.46. The number of hydrogen-bond donors (Lipinski definition) is 0. The fourth-order valence-electron chi connectivity index (χ4n) is 0.412. The molecular formula is C3H7O3P. The van der Waals surface area contributed by atoms with Gasteiger partial charge in [-0.05, 0) is 0 Å². The highest BCUT2D eigenvalue weighted by Crippen LogP contribution is 2.24. The highest BCUT2D eigenvalue weighted by molar-refractivity contribution is 7.38. The largest absolute Gasteiger partial charge is 0.369 e. The van der Waals surface area contributed by atoms with Crippen LogP contribution in [-0.2, 0) is 13.8 Å². The maximum atomic E-state index is 10.3. The van der Waals surface area contributed by atoms with Crippen molar-refractivity contribution in [2.75, 3.05) is 19.6 Å². The Hall–Kier alpha value is 0.150. The van der Waals surface area contributed by atoms with E-state index in [1.807, 2.05) is 0 Å². The van der Waals surface area contributed by atoms with Gasteiger partial charge >= 0.3 is 0 Å². The van der Waals surface area contributed by atoms with Crippen molar-refractivity contribution in [3.63, 3.8) is 0 Å². The predicted octanol–water partition coefficient (Wildman–Crippen LogP) is 0.465. The Balaban J connectivity index is 2.25. The molecule has 1 atom stereocenters. The molecule has 0 aliphatic carbocycles. The summed E-state index contributed by atoms with van der Waals surface area (Å²) in [6, 6.07) is 0. The van der Waals surface area contributed by atoms with Crippen LogP contribution in [0.15, 0.2) is 0 Å². The molecule has 0 N–H and O–H groups in total. The molecule has 0 bridgehead atoms. The number of rotatable bonds is 0. The Morgan fingerprint density at radius 2 is 2.29 bits per heavy atom. The zero-order valence-corrected chi connectivity index (χ0v) is 4.85. The first kappa shape index (κ1) is 5.29. The third-order valence-corrected chi connectivity index (χ3v) is 1.68. The molecule has 1 fully saturated rings. The number of hydrogen-bond acceptors (Lipinski definition) is 3. The van der Waals surface area contributed by atoms with Crippen LogP contribution in [0.25, 0.3) is 0 Å². The summed E-state index contributed by atoms with van der Waals surface area (Å²) in [7, 11) is -1.77. The van der Waals surface area contributed by atoms with Crippen LogP contribution in [-0.4, -0.2) is 19.6 Å². The maximum Gasteiger partial charge on any atom is 0.216 e. The van der Waals surface area contributed by atoms with Crippen molar-refractivity contribution in [1.29, 1.82) is 0 Å². The van der Waals surface area contributed by atoms with Crippen molar-refractivity contribution in [1.82, 2.24) is 0 Å². The van der Waals surface area contributed by atoms with E-state index < -0.39 is 8.03 Å². The lowest BCUT2D eigenvalue weighted by atomic mass is 10.8. The first-order valence-electron chi connectivity index (χ1n) is 2.13. The fourth-order valence-corrected chi connectivity index (χ4v) is 1.12. The quantitative estimate of drug-likeness (QED) is 0.438. The van der Waals surface area contributed by atoms with E-state index in [-0.39, 0.29) is 0 Å². The van der Waals surface area contributed by atoms with Gasteiger partial charge in [0.1, 0.15) is 6.35 Å². The van der Waals surface area contributed by atoms with Crippen LogP contribution in [0.1, 0.15) is 0 Å². The smallest absolute Gasteiger partial charge is 0.216 e. The summed E-state index contributed by atoms with van der Waals surface area (Å²) >= 11 is 0. The molecule has 7 heavy (non-hydrogen) atoms. The zero-order valence-electron chi connectivity index (χ0n) is 3.85. The molecule has 42 valence electrons. The van der Waals surface area contributed by atoms with E-state index in [2.05, 4.69) is 0 Å². The summed E-state index contributed by atoms with van der Waals surface area (Å²) in [5, 5.41) is 0. The second-order valence-electron chi connectivity index (χ2n) is 1.27. The van der Waals surface area contributed by atoms with Gasteiger partial charge in [-0.2, -0.15) is 0 Å². The predicted molar refractivity (Wildman–Crippen MR) is 25.8 cm³/mol. The van der Waals surface area contributed by atoms with Crippen molar-refractivity contribution >= 4 is 8.03 Å². The van der Waals surface area contributed by atoms with Gasteiger partial charge in [0.05, 0.1) is 13.2 Å². The van der Waals surface area contributed by atoms with E-state index in [9.17, 15) is 4.57 Å². The summed E-state index contributed by atoms with van der Waals surface area (Å²) in [5.74, 6) is 0. The minimum atomic E-state index is -1.77. The van der Waals surface area contributed by atoms with Gasteiger partial charge in [0.25, 0.3) is 0 Å². The second-order valence-corrected chi connectivity index (χ2v) is 2.59.